The Bertz CT molecular complexity index is 745. The van der Waals surface area contributed by atoms with Crippen LogP contribution in [0.1, 0.15) is 29.9 Å². The monoisotopic (exact) mass is 440 g/mol. The molecule has 0 amide bonds. The highest BCUT2D eigenvalue weighted by Gasteiger charge is 2.31. The number of hydrogen-bond donors (Lipinski definition) is 1. The van der Waals surface area contributed by atoms with E-state index in [1.807, 2.05) is 24.3 Å². The standard InChI is InChI=1S/C22H27F2N3S.ClH/c1-27(22(25)28)15-13-26(14-16-27)12-2-3-21(17-4-8-19(23)9-5-17)18-6-10-20(24)11-7-18;/h4-11,21H,2-3,12-16H2,1H3,(H-,25,28);1H/p+1. The van der Waals surface area contributed by atoms with E-state index in [1.54, 1.807) is 0 Å². The molecule has 1 fully saturated rings. The van der Waals surface area contributed by atoms with Gasteiger partial charge >= 0.3 is 0 Å². The molecule has 1 aliphatic rings. The second-order valence-electron chi connectivity index (χ2n) is 7.82. The Labute approximate surface area is 183 Å². The number of hydrogen-bond acceptors (Lipinski definition) is 2. The lowest BCUT2D eigenvalue weighted by molar-refractivity contribution is -0.824. The second kappa shape index (κ2) is 10.4. The summed E-state index contributed by atoms with van der Waals surface area (Å²) in [7, 11) is 2.10. The Morgan fingerprint density at radius 3 is 1.86 bits per heavy atom. The Morgan fingerprint density at radius 2 is 1.45 bits per heavy atom. The minimum atomic E-state index is -0.242. The molecule has 158 valence electrons. The van der Waals surface area contributed by atoms with E-state index in [-0.39, 0.29) is 30.0 Å². The zero-order valence-electron chi connectivity index (χ0n) is 16.7. The molecule has 2 aromatic rings. The van der Waals surface area contributed by atoms with Crippen LogP contribution in [0.3, 0.4) is 0 Å². The fourth-order valence-corrected chi connectivity index (χ4v) is 4.01. The molecule has 0 radical (unpaired) electrons. The third-order valence-electron chi connectivity index (χ3n) is 5.86. The highest BCUT2D eigenvalue weighted by Crippen LogP contribution is 2.30. The first kappa shape index (κ1) is 23.7. The maximum atomic E-state index is 13.3. The fourth-order valence-electron chi connectivity index (χ4n) is 3.83. The maximum absolute atomic E-state index is 13.3. The summed E-state index contributed by atoms with van der Waals surface area (Å²) in [5.74, 6) is -0.355. The van der Waals surface area contributed by atoms with Gasteiger partial charge in [0.25, 0.3) is 5.11 Å². The number of benzene rings is 2. The number of likely N-dealkylation sites (N-methyl/N-ethyl adjacent to an activating group) is 1. The van der Waals surface area contributed by atoms with Gasteiger partial charge in [-0.3, -0.25) is 9.38 Å². The lowest BCUT2D eigenvalue weighted by atomic mass is 9.87. The molecule has 1 saturated heterocycles. The van der Waals surface area contributed by atoms with Crippen LogP contribution in [0.15, 0.2) is 48.5 Å². The van der Waals surface area contributed by atoms with Gasteiger partial charge in [0, 0.05) is 31.2 Å². The number of nitrogens with two attached hydrogens (primary N) is 1. The van der Waals surface area contributed by atoms with Crippen molar-refractivity contribution in [3.05, 3.63) is 71.3 Å². The van der Waals surface area contributed by atoms with Crippen molar-refractivity contribution in [1.82, 2.24) is 4.90 Å². The second-order valence-corrected chi connectivity index (χ2v) is 8.24. The molecule has 0 bridgehead atoms. The molecule has 0 unspecified atom stereocenters. The summed E-state index contributed by atoms with van der Waals surface area (Å²) in [6.45, 7) is 4.83. The predicted molar refractivity (Wildman–Crippen MR) is 120 cm³/mol. The van der Waals surface area contributed by atoms with Gasteiger partial charge in [-0.1, -0.05) is 24.3 Å². The molecular weight excluding hydrogens is 412 g/mol. The topological polar surface area (TPSA) is 29.3 Å². The Balaban J connectivity index is 0.00000300. The molecule has 0 spiro atoms. The predicted octanol–water partition coefficient (Wildman–Crippen LogP) is 4.30. The van der Waals surface area contributed by atoms with E-state index < -0.39 is 0 Å². The third kappa shape index (κ3) is 6.19. The highest BCUT2D eigenvalue weighted by molar-refractivity contribution is 7.79. The number of nitrogens with zero attached hydrogens (tertiary/aromatic N) is 2. The number of rotatable bonds is 6. The summed E-state index contributed by atoms with van der Waals surface area (Å²) in [5.41, 5.74) is 7.99. The molecule has 1 aliphatic heterocycles. The van der Waals surface area contributed by atoms with Crippen molar-refractivity contribution >= 4 is 29.7 Å². The first-order valence-electron chi connectivity index (χ1n) is 9.75. The van der Waals surface area contributed by atoms with Gasteiger partial charge in [0.1, 0.15) is 11.6 Å². The minimum Gasteiger partial charge on any atom is -0.345 e. The van der Waals surface area contributed by atoms with Crippen LogP contribution in [0.2, 0.25) is 0 Å². The van der Waals surface area contributed by atoms with Crippen molar-refractivity contribution in [1.29, 1.82) is 0 Å². The quantitative estimate of drug-likeness (QED) is 0.536. The van der Waals surface area contributed by atoms with Gasteiger partial charge in [0.05, 0.1) is 20.1 Å². The molecule has 2 N–H and O–H groups in total. The Hall–Kier alpha value is -1.60. The van der Waals surface area contributed by atoms with Gasteiger partial charge in [-0.25, -0.2) is 8.78 Å². The first-order chi connectivity index (χ1) is 13.4. The van der Waals surface area contributed by atoms with Crippen molar-refractivity contribution in [2.45, 2.75) is 18.8 Å². The van der Waals surface area contributed by atoms with E-state index in [0.29, 0.717) is 9.60 Å². The van der Waals surface area contributed by atoms with Gasteiger partial charge in [0.2, 0.25) is 0 Å². The van der Waals surface area contributed by atoms with Crippen LogP contribution in [0, 0.1) is 11.6 Å². The molecular formula is C22H29ClF2N3S+. The molecule has 0 atom stereocenters. The minimum absolute atomic E-state index is 0. The van der Waals surface area contributed by atoms with Crippen LogP contribution in [-0.4, -0.2) is 54.3 Å². The number of halogens is 3. The molecule has 3 nitrogen and oxygen atoms in total. The van der Waals surface area contributed by atoms with E-state index in [1.165, 1.54) is 24.3 Å². The fraction of sp³-hybridized carbons (Fsp3) is 0.409. The van der Waals surface area contributed by atoms with Crippen LogP contribution in [0.25, 0.3) is 0 Å². The van der Waals surface area contributed by atoms with Crippen molar-refractivity contribution in [2.75, 3.05) is 39.8 Å². The van der Waals surface area contributed by atoms with Crippen LogP contribution in [-0.2, 0) is 0 Å². The maximum Gasteiger partial charge on any atom is 0.267 e. The van der Waals surface area contributed by atoms with Crippen LogP contribution >= 0.6 is 24.6 Å². The van der Waals surface area contributed by atoms with Gasteiger partial charge in [-0.15, -0.1) is 12.4 Å². The van der Waals surface area contributed by atoms with Crippen molar-refractivity contribution in [2.24, 2.45) is 5.73 Å². The van der Waals surface area contributed by atoms with E-state index in [4.69, 9.17) is 18.0 Å². The summed E-state index contributed by atoms with van der Waals surface area (Å²) >= 11 is 5.19. The number of quaternary nitrogens is 1. The molecule has 0 aliphatic carbocycles. The average Bonchev–Trinajstić information content (AvgIpc) is 2.68. The summed E-state index contributed by atoms with van der Waals surface area (Å²) in [6.07, 6.45) is 1.94. The van der Waals surface area contributed by atoms with Crippen LogP contribution < -0.4 is 5.73 Å². The summed E-state index contributed by atoms with van der Waals surface area (Å²) < 4.78 is 27.4. The number of thiocarbonyl (C=S) groups is 1. The van der Waals surface area contributed by atoms with Crippen LogP contribution in [0.5, 0.6) is 0 Å². The lowest BCUT2D eigenvalue weighted by Gasteiger charge is -2.40. The smallest absolute Gasteiger partial charge is 0.267 e. The van der Waals surface area contributed by atoms with Crippen molar-refractivity contribution < 1.29 is 13.3 Å². The normalized spacial score (nSPS) is 16.4. The molecule has 0 aromatic heterocycles. The van der Waals surface area contributed by atoms with E-state index in [0.717, 1.165) is 56.7 Å². The zero-order valence-corrected chi connectivity index (χ0v) is 18.3. The first-order valence-corrected chi connectivity index (χ1v) is 10.2. The van der Waals surface area contributed by atoms with Gasteiger partial charge in [-0.2, -0.15) is 0 Å². The largest absolute Gasteiger partial charge is 0.345 e. The van der Waals surface area contributed by atoms with E-state index in [9.17, 15) is 8.78 Å². The van der Waals surface area contributed by atoms with Crippen molar-refractivity contribution in [3.63, 3.8) is 0 Å². The summed E-state index contributed by atoms with van der Waals surface area (Å²) in [4.78, 5) is 2.45. The summed E-state index contributed by atoms with van der Waals surface area (Å²) in [5, 5.41) is 0.562. The molecule has 7 heteroatoms. The molecule has 29 heavy (non-hydrogen) atoms. The SMILES string of the molecule is C[N+]1(C(N)=S)CCN(CCCC(c2ccc(F)cc2)c2ccc(F)cc2)CC1.Cl. The molecule has 0 saturated carbocycles. The van der Waals surface area contributed by atoms with Crippen molar-refractivity contribution in [3.8, 4) is 0 Å². The van der Waals surface area contributed by atoms with E-state index in [2.05, 4.69) is 11.9 Å². The van der Waals surface area contributed by atoms with Gasteiger partial charge in [0.15, 0.2) is 0 Å². The van der Waals surface area contributed by atoms with Gasteiger partial charge in [-0.05, 0) is 54.8 Å². The van der Waals surface area contributed by atoms with E-state index >= 15 is 0 Å². The molecule has 3 rings (SSSR count). The average molecular weight is 441 g/mol. The van der Waals surface area contributed by atoms with Gasteiger partial charge < -0.3 is 5.73 Å². The molecule has 2 aromatic carbocycles. The number of piperazine rings is 1. The third-order valence-corrected chi connectivity index (χ3v) is 6.30. The lowest BCUT2D eigenvalue weighted by Crippen LogP contribution is -2.61. The Morgan fingerprint density at radius 1 is 1.00 bits per heavy atom. The summed E-state index contributed by atoms with van der Waals surface area (Å²) in [6, 6.07) is 13.3. The zero-order chi connectivity index (χ0) is 20.1. The molecule has 1 heterocycles. The van der Waals surface area contributed by atoms with Crippen LogP contribution in [0.4, 0.5) is 8.78 Å². The Kier molecular flexibility index (Phi) is 8.52. The highest BCUT2D eigenvalue weighted by atomic mass is 35.5.